The van der Waals surface area contributed by atoms with Gasteiger partial charge in [0, 0.05) is 25.7 Å². The van der Waals surface area contributed by atoms with Crippen molar-refractivity contribution in [3.8, 4) is 0 Å². The number of nitrogens with zero attached hydrogens (tertiary/aromatic N) is 1. The van der Waals surface area contributed by atoms with Crippen molar-refractivity contribution in [3.05, 3.63) is 12.7 Å². The first kappa shape index (κ1) is 11.2. The highest BCUT2D eigenvalue weighted by Crippen LogP contribution is 2.35. The molecule has 0 spiro atoms. The summed E-state index contributed by atoms with van der Waals surface area (Å²) in [5, 5.41) is 3.52. The van der Waals surface area contributed by atoms with Crippen LogP contribution in [0.15, 0.2) is 12.7 Å². The molecule has 2 nitrogen and oxygen atoms in total. The number of nitrogens with one attached hydrogen (secondary N) is 1. The number of hydrogen-bond acceptors (Lipinski definition) is 2. The quantitative estimate of drug-likeness (QED) is 0.672. The van der Waals surface area contributed by atoms with Crippen molar-refractivity contribution in [1.29, 1.82) is 0 Å². The maximum Gasteiger partial charge on any atom is 0.0163 e. The van der Waals surface area contributed by atoms with Crippen LogP contribution in [0, 0.1) is 5.41 Å². The summed E-state index contributed by atoms with van der Waals surface area (Å²) in [7, 11) is 0. The van der Waals surface area contributed by atoms with Gasteiger partial charge in [0.25, 0.3) is 0 Å². The zero-order chi connectivity index (χ0) is 10.7. The third kappa shape index (κ3) is 2.61. The van der Waals surface area contributed by atoms with Gasteiger partial charge in [-0.05, 0) is 37.6 Å². The Balaban J connectivity index is 1.93. The Bertz CT molecular complexity index is 215. The third-order valence-corrected chi connectivity index (χ3v) is 4.05. The van der Waals surface area contributed by atoms with Gasteiger partial charge in [0.2, 0.25) is 0 Å². The lowest BCUT2D eigenvalue weighted by molar-refractivity contribution is 0.164. The normalized spacial score (nSPS) is 31.1. The van der Waals surface area contributed by atoms with Crippen LogP contribution in [0.1, 0.15) is 32.6 Å². The standard InChI is InChI=1S/C13H24N2/c1-3-9-15(12-5-6-12)11-13(4-2)7-8-14-10-13/h3,12,14H,1,4-11H2,2H3. The second kappa shape index (κ2) is 4.67. The zero-order valence-electron chi connectivity index (χ0n) is 9.97. The lowest BCUT2D eigenvalue weighted by Crippen LogP contribution is -2.40. The SMILES string of the molecule is C=CCN(CC1(CC)CCNC1)C1CC1. The first-order valence-corrected chi connectivity index (χ1v) is 6.35. The Morgan fingerprint density at radius 3 is 2.80 bits per heavy atom. The molecule has 0 aromatic rings. The molecule has 2 heteroatoms. The van der Waals surface area contributed by atoms with E-state index in [9.17, 15) is 0 Å². The molecule has 2 fully saturated rings. The maximum atomic E-state index is 3.88. The van der Waals surface area contributed by atoms with Crippen molar-refractivity contribution < 1.29 is 0 Å². The van der Waals surface area contributed by atoms with Crippen molar-refractivity contribution >= 4 is 0 Å². The van der Waals surface area contributed by atoms with Gasteiger partial charge in [-0.15, -0.1) is 6.58 Å². The summed E-state index contributed by atoms with van der Waals surface area (Å²) in [6, 6.07) is 0.868. The van der Waals surface area contributed by atoms with Crippen molar-refractivity contribution in [2.45, 2.75) is 38.6 Å². The van der Waals surface area contributed by atoms with E-state index in [0.717, 1.165) is 12.6 Å². The molecule has 1 unspecified atom stereocenters. The van der Waals surface area contributed by atoms with Crippen molar-refractivity contribution in [2.24, 2.45) is 5.41 Å². The van der Waals surface area contributed by atoms with E-state index in [2.05, 4.69) is 29.8 Å². The Hall–Kier alpha value is -0.340. The molecular weight excluding hydrogens is 184 g/mol. The third-order valence-electron chi connectivity index (χ3n) is 4.05. The lowest BCUT2D eigenvalue weighted by Gasteiger charge is -2.33. The van der Waals surface area contributed by atoms with Crippen molar-refractivity contribution in [3.63, 3.8) is 0 Å². The van der Waals surface area contributed by atoms with E-state index in [4.69, 9.17) is 0 Å². The monoisotopic (exact) mass is 208 g/mol. The second-order valence-electron chi connectivity index (χ2n) is 5.23. The predicted octanol–water partition coefficient (Wildman–Crippen LogP) is 2.03. The molecule has 1 aliphatic carbocycles. The van der Waals surface area contributed by atoms with Gasteiger partial charge in [0.15, 0.2) is 0 Å². The van der Waals surface area contributed by atoms with E-state index in [0.29, 0.717) is 5.41 Å². The van der Waals surface area contributed by atoms with Crippen LogP contribution in [-0.4, -0.2) is 37.1 Å². The molecule has 1 saturated heterocycles. The molecule has 15 heavy (non-hydrogen) atoms. The summed E-state index contributed by atoms with van der Waals surface area (Å²) < 4.78 is 0. The first-order valence-electron chi connectivity index (χ1n) is 6.35. The topological polar surface area (TPSA) is 15.3 Å². The zero-order valence-corrected chi connectivity index (χ0v) is 9.97. The Morgan fingerprint density at radius 2 is 2.33 bits per heavy atom. The van der Waals surface area contributed by atoms with Gasteiger partial charge in [-0.2, -0.15) is 0 Å². The Morgan fingerprint density at radius 1 is 1.53 bits per heavy atom. The largest absolute Gasteiger partial charge is 0.316 e. The van der Waals surface area contributed by atoms with Gasteiger partial charge < -0.3 is 5.32 Å². The van der Waals surface area contributed by atoms with E-state index < -0.39 is 0 Å². The smallest absolute Gasteiger partial charge is 0.0163 e. The first-order chi connectivity index (χ1) is 7.29. The van der Waals surface area contributed by atoms with Crippen LogP contribution in [-0.2, 0) is 0 Å². The fraction of sp³-hybridized carbons (Fsp3) is 0.846. The van der Waals surface area contributed by atoms with Gasteiger partial charge >= 0.3 is 0 Å². The number of rotatable bonds is 6. The molecule has 2 aliphatic rings. The summed E-state index contributed by atoms with van der Waals surface area (Å²) in [5.41, 5.74) is 0.547. The van der Waals surface area contributed by atoms with Crippen LogP contribution in [0.2, 0.25) is 0 Å². The fourth-order valence-corrected chi connectivity index (χ4v) is 2.72. The van der Waals surface area contributed by atoms with Crippen LogP contribution in [0.4, 0.5) is 0 Å². The molecule has 0 aromatic carbocycles. The highest BCUT2D eigenvalue weighted by Gasteiger charge is 2.37. The summed E-state index contributed by atoms with van der Waals surface area (Å²) in [5.74, 6) is 0. The van der Waals surface area contributed by atoms with Crippen LogP contribution in [0.3, 0.4) is 0 Å². The number of hydrogen-bond donors (Lipinski definition) is 1. The molecule has 1 saturated carbocycles. The summed E-state index contributed by atoms with van der Waals surface area (Å²) in [6.07, 6.45) is 7.52. The fourth-order valence-electron chi connectivity index (χ4n) is 2.72. The molecule has 0 bridgehead atoms. The minimum absolute atomic E-state index is 0.547. The summed E-state index contributed by atoms with van der Waals surface area (Å²) in [4.78, 5) is 2.64. The van der Waals surface area contributed by atoms with Crippen LogP contribution in [0.5, 0.6) is 0 Å². The predicted molar refractivity (Wildman–Crippen MR) is 65.0 cm³/mol. The van der Waals surface area contributed by atoms with E-state index in [1.54, 1.807) is 0 Å². The highest BCUT2D eigenvalue weighted by atomic mass is 15.2. The van der Waals surface area contributed by atoms with Gasteiger partial charge in [-0.25, -0.2) is 0 Å². The molecule has 1 aliphatic heterocycles. The van der Waals surface area contributed by atoms with Gasteiger partial charge in [-0.1, -0.05) is 13.0 Å². The van der Waals surface area contributed by atoms with Crippen molar-refractivity contribution in [2.75, 3.05) is 26.2 Å². The van der Waals surface area contributed by atoms with E-state index in [1.807, 2.05) is 0 Å². The van der Waals surface area contributed by atoms with Gasteiger partial charge in [-0.3, -0.25) is 4.90 Å². The lowest BCUT2D eigenvalue weighted by atomic mass is 9.83. The van der Waals surface area contributed by atoms with Gasteiger partial charge in [0.1, 0.15) is 0 Å². The molecule has 1 N–H and O–H groups in total. The minimum Gasteiger partial charge on any atom is -0.316 e. The van der Waals surface area contributed by atoms with E-state index in [1.165, 1.54) is 45.3 Å². The van der Waals surface area contributed by atoms with Crippen molar-refractivity contribution in [1.82, 2.24) is 10.2 Å². The average molecular weight is 208 g/mol. The average Bonchev–Trinajstić information content (AvgIpc) is 3.00. The Kier molecular flexibility index (Phi) is 3.47. The van der Waals surface area contributed by atoms with Crippen LogP contribution >= 0.6 is 0 Å². The van der Waals surface area contributed by atoms with Crippen LogP contribution in [0.25, 0.3) is 0 Å². The second-order valence-corrected chi connectivity index (χ2v) is 5.23. The molecule has 86 valence electrons. The molecular formula is C13H24N2. The molecule has 0 radical (unpaired) electrons. The van der Waals surface area contributed by atoms with E-state index in [-0.39, 0.29) is 0 Å². The molecule has 1 atom stereocenters. The summed E-state index contributed by atoms with van der Waals surface area (Å²) in [6.45, 7) is 11.0. The molecule has 1 heterocycles. The summed E-state index contributed by atoms with van der Waals surface area (Å²) >= 11 is 0. The van der Waals surface area contributed by atoms with Crippen LogP contribution < -0.4 is 5.32 Å². The molecule has 2 rings (SSSR count). The minimum atomic E-state index is 0.547. The van der Waals surface area contributed by atoms with Gasteiger partial charge in [0.05, 0.1) is 0 Å². The molecule has 0 aromatic heterocycles. The Labute approximate surface area is 93.7 Å². The maximum absolute atomic E-state index is 3.88. The molecule has 0 amide bonds. The highest BCUT2D eigenvalue weighted by molar-refractivity contribution is 4.95. The van der Waals surface area contributed by atoms with E-state index >= 15 is 0 Å².